The van der Waals surface area contributed by atoms with Gasteiger partial charge in [0.05, 0.1) is 16.7 Å². The van der Waals surface area contributed by atoms with E-state index in [1.165, 1.54) is 0 Å². The Balaban J connectivity index is 2.05. The Morgan fingerprint density at radius 3 is 2.68 bits per heavy atom. The summed E-state index contributed by atoms with van der Waals surface area (Å²) in [6.07, 6.45) is 4.05. The quantitative estimate of drug-likeness (QED) is 0.642. The van der Waals surface area contributed by atoms with Crippen molar-refractivity contribution in [3.05, 3.63) is 28.8 Å². The monoisotopic (exact) mass is 341 g/mol. The molecule has 0 aliphatic heterocycles. The lowest BCUT2D eigenvalue weighted by atomic mass is 10.2. The van der Waals surface area contributed by atoms with Crippen molar-refractivity contribution in [2.45, 2.75) is 51.7 Å². The van der Waals surface area contributed by atoms with E-state index < -0.39 is 5.97 Å². The van der Waals surface area contributed by atoms with Crippen molar-refractivity contribution < 1.29 is 14.3 Å². The molecule has 0 unspecified atom stereocenters. The number of hydrogen-bond acceptors (Lipinski definition) is 4. The number of carbonyl (C=O) groups excluding carboxylic acids is 1. The zero-order chi connectivity index (χ0) is 16.1. The Hall–Kier alpha value is -1.33. The average Bonchev–Trinajstić information content (AvgIpc) is 2.92. The van der Waals surface area contributed by atoms with E-state index in [0.717, 1.165) is 25.7 Å². The molecule has 1 fully saturated rings. The minimum absolute atomic E-state index is 0.00512. The van der Waals surface area contributed by atoms with Crippen molar-refractivity contribution in [1.82, 2.24) is 0 Å². The first-order chi connectivity index (χ1) is 10.5. The number of hydrogen-bond donors (Lipinski definition) is 1. The summed E-state index contributed by atoms with van der Waals surface area (Å²) in [4.78, 5) is 12.2. The lowest BCUT2D eigenvalue weighted by molar-refractivity contribution is 0.0318. The molecule has 0 saturated heterocycles. The minimum atomic E-state index is -0.392. The number of carbonyl (C=O) groups is 1. The lowest BCUT2D eigenvalue weighted by Gasteiger charge is -2.15. The number of ether oxygens (including phenoxy) is 2. The molecule has 22 heavy (non-hydrogen) atoms. The van der Waals surface area contributed by atoms with Crippen LogP contribution in [0.1, 0.15) is 49.9 Å². The van der Waals surface area contributed by atoms with Gasteiger partial charge in [0.25, 0.3) is 5.17 Å². The normalized spacial score (nSPS) is 14.9. The van der Waals surface area contributed by atoms with Crippen molar-refractivity contribution in [2.24, 2.45) is 0 Å². The molecule has 1 aliphatic rings. The molecule has 120 valence electrons. The highest BCUT2D eigenvalue weighted by molar-refractivity contribution is 7.80. The third kappa shape index (κ3) is 4.85. The van der Waals surface area contributed by atoms with Crippen LogP contribution < -0.4 is 5.32 Å². The molecule has 0 radical (unpaired) electrons. The standard InChI is InChI=1S/C16H20ClNO3S/c1-10(2)20-16(22)18-11-7-8-14(17)13(9-11)15(19)21-12-5-3-4-6-12/h7-10,12H,3-6H2,1-2H3,(H,18,22). The van der Waals surface area contributed by atoms with Gasteiger partial charge in [0.2, 0.25) is 0 Å². The molecule has 1 aliphatic carbocycles. The van der Waals surface area contributed by atoms with E-state index in [1.807, 2.05) is 13.8 Å². The lowest BCUT2D eigenvalue weighted by Crippen LogP contribution is -2.18. The molecule has 1 aromatic carbocycles. The maximum atomic E-state index is 12.2. The van der Waals surface area contributed by atoms with Gasteiger partial charge >= 0.3 is 5.97 Å². The number of thiocarbonyl (C=S) groups is 1. The maximum Gasteiger partial charge on any atom is 0.340 e. The topological polar surface area (TPSA) is 47.6 Å². The number of halogens is 1. The van der Waals surface area contributed by atoms with E-state index in [1.54, 1.807) is 18.2 Å². The van der Waals surface area contributed by atoms with Crippen molar-refractivity contribution in [3.8, 4) is 0 Å². The highest BCUT2D eigenvalue weighted by atomic mass is 35.5. The number of esters is 1. The number of rotatable bonds is 4. The van der Waals surface area contributed by atoms with E-state index in [-0.39, 0.29) is 17.4 Å². The molecule has 1 aromatic rings. The van der Waals surface area contributed by atoms with Crippen LogP contribution in [0.3, 0.4) is 0 Å². The second kappa shape index (κ2) is 7.79. The first-order valence-electron chi connectivity index (χ1n) is 7.44. The molecule has 0 spiro atoms. The van der Waals surface area contributed by atoms with E-state index in [4.69, 9.17) is 33.3 Å². The second-order valence-corrected chi connectivity index (χ2v) is 6.36. The summed E-state index contributed by atoms with van der Waals surface area (Å²) in [5.74, 6) is -0.392. The Morgan fingerprint density at radius 1 is 1.36 bits per heavy atom. The molecular weight excluding hydrogens is 322 g/mol. The highest BCUT2D eigenvalue weighted by Crippen LogP contribution is 2.26. The number of nitrogens with one attached hydrogen (secondary N) is 1. The molecule has 2 rings (SSSR count). The molecule has 0 aromatic heterocycles. The van der Waals surface area contributed by atoms with Crippen LogP contribution in [0, 0.1) is 0 Å². The fraction of sp³-hybridized carbons (Fsp3) is 0.500. The number of anilines is 1. The van der Waals surface area contributed by atoms with Gasteiger partial charge < -0.3 is 14.8 Å². The highest BCUT2D eigenvalue weighted by Gasteiger charge is 2.22. The van der Waals surface area contributed by atoms with E-state index in [9.17, 15) is 4.79 Å². The summed E-state index contributed by atoms with van der Waals surface area (Å²) in [6, 6.07) is 5.02. The predicted octanol–water partition coefficient (Wildman–Crippen LogP) is 4.56. The molecular formula is C16H20ClNO3S. The molecule has 0 amide bonds. The zero-order valence-corrected chi connectivity index (χ0v) is 14.3. The first kappa shape index (κ1) is 17.0. The predicted molar refractivity (Wildman–Crippen MR) is 91.6 cm³/mol. The average molecular weight is 342 g/mol. The van der Waals surface area contributed by atoms with Crippen LogP contribution in [0.15, 0.2) is 18.2 Å². The summed E-state index contributed by atoms with van der Waals surface area (Å²) >= 11 is 11.2. The van der Waals surface area contributed by atoms with Crippen LogP contribution in [0.4, 0.5) is 5.69 Å². The van der Waals surface area contributed by atoms with Gasteiger partial charge in [-0.3, -0.25) is 0 Å². The van der Waals surface area contributed by atoms with E-state index in [0.29, 0.717) is 16.3 Å². The van der Waals surface area contributed by atoms with Gasteiger partial charge in [-0.15, -0.1) is 0 Å². The van der Waals surface area contributed by atoms with Crippen molar-refractivity contribution in [3.63, 3.8) is 0 Å². The van der Waals surface area contributed by atoms with Gasteiger partial charge in [-0.2, -0.15) is 0 Å². The third-order valence-electron chi connectivity index (χ3n) is 3.35. The fourth-order valence-electron chi connectivity index (χ4n) is 2.34. The van der Waals surface area contributed by atoms with E-state index in [2.05, 4.69) is 5.32 Å². The molecule has 1 N–H and O–H groups in total. The third-order valence-corrected chi connectivity index (χ3v) is 3.88. The molecule has 0 bridgehead atoms. The van der Waals surface area contributed by atoms with Crippen LogP contribution in [-0.4, -0.2) is 23.4 Å². The maximum absolute atomic E-state index is 12.2. The Bertz CT molecular complexity index is 556. The number of benzene rings is 1. The molecule has 4 nitrogen and oxygen atoms in total. The molecule has 6 heteroatoms. The van der Waals surface area contributed by atoms with Gasteiger partial charge in [-0.1, -0.05) is 11.6 Å². The van der Waals surface area contributed by atoms with Crippen molar-refractivity contribution in [1.29, 1.82) is 0 Å². The van der Waals surface area contributed by atoms with Crippen LogP contribution in [-0.2, 0) is 9.47 Å². The summed E-state index contributed by atoms with van der Waals surface area (Å²) in [7, 11) is 0. The Kier molecular flexibility index (Phi) is 6.03. The fourth-order valence-corrected chi connectivity index (χ4v) is 2.85. The Morgan fingerprint density at radius 2 is 2.05 bits per heavy atom. The van der Waals surface area contributed by atoms with Crippen molar-refractivity contribution >= 4 is 40.7 Å². The minimum Gasteiger partial charge on any atom is -0.468 e. The summed E-state index contributed by atoms with van der Waals surface area (Å²) in [5.41, 5.74) is 0.985. The van der Waals surface area contributed by atoms with Crippen LogP contribution in [0.2, 0.25) is 5.02 Å². The second-order valence-electron chi connectivity index (χ2n) is 5.59. The van der Waals surface area contributed by atoms with E-state index >= 15 is 0 Å². The molecule has 0 atom stereocenters. The van der Waals surface area contributed by atoms with Gasteiger partial charge in [-0.25, -0.2) is 4.79 Å². The van der Waals surface area contributed by atoms with Gasteiger partial charge in [0.1, 0.15) is 6.10 Å². The largest absolute Gasteiger partial charge is 0.468 e. The SMILES string of the molecule is CC(C)OC(=S)Nc1ccc(Cl)c(C(=O)OC2CCCC2)c1. The van der Waals surface area contributed by atoms with Crippen LogP contribution in [0.25, 0.3) is 0 Å². The van der Waals surface area contributed by atoms with Gasteiger partial charge in [-0.05, 0) is 69.9 Å². The first-order valence-corrected chi connectivity index (χ1v) is 8.22. The van der Waals surface area contributed by atoms with Gasteiger partial charge in [0.15, 0.2) is 0 Å². The zero-order valence-electron chi connectivity index (χ0n) is 12.7. The smallest absolute Gasteiger partial charge is 0.340 e. The van der Waals surface area contributed by atoms with Gasteiger partial charge in [0, 0.05) is 5.69 Å². The van der Waals surface area contributed by atoms with Crippen LogP contribution in [0.5, 0.6) is 0 Å². The van der Waals surface area contributed by atoms with Crippen LogP contribution >= 0.6 is 23.8 Å². The molecule has 0 heterocycles. The summed E-state index contributed by atoms with van der Waals surface area (Å²) < 4.78 is 10.9. The Labute approximate surface area is 141 Å². The van der Waals surface area contributed by atoms with Crippen molar-refractivity contribution in [2.75, 3.05) is 5.32 Å². The summed E-state index contributed by atoms with van der Waals surface area (Å²) in [6.45, 7) is 3.78. The summed E-state index contributed by atoms with van der Waals surface area (Å²) in [5, 5.41) is 3.55. The molecule has 1 saturated carbocycles.